The number of carbonyl (C=O) groups is 1. The molecular weight excluding hydrogens is 367 g/mol. The number of anilines is 1. The van der Waals surface area contributed by atoms with Crippen molar-refractivity contribution in [3.8, 4) is 0 Å². The molecule has 0 spiro atoms. The van der Waals surface area contributed by atoms with Gasteiger partial charge in [-0.15, -0.1) is 0 Å². The third-order valence-electron chi connectivity index (χ3n) is 5.00. The van der Waals surface area contributed by atoms with Crippen molar-refractivity contribution in [1.29, 1.82) is 0 Å². The monoisotopic (exact) mass is 390 g/mol. The van der Waals surface area contributed by atoms with Crippen molar-refractivity contribution in [3.05, 3.63) is 59.9 Å². The second kappa shape index (κ2) is 7.68. The van der Waals surface area contributed by atoms with Crippen LogP contribution in [0.25, 0.3) is 0 Å². The van der Waals surface area contributed by atoms with Gasteiger partial charge in [-0.05, 0) is 61.2 Å². The van der Waals surface area contributed by atoms with Crippen LogP contribution in [0.15, 0.2) is 53.4 Å². The van der Waals surface area contributed by atoms with E-state index in [0.717, 1.165) is 17.1 Å². The van der Waals surface area contributed by atoms with E-state index in [1.165, 1.54) is 43.4 Å². The Morgan fingerprint density at radius 1 is 1.11 bits per heavy atom. The Hall–Kier alpha value is -2.41. The van der Waals surface area contributed by atoms with Crippen LogP contribution in [0, 0.1) is 11.7 Å². The third kappa shape index (κ3) is 4.13. The summed E-state index contributed by atoms with van der Waals surface area (Å²) in [4.78, 5) is 14.5. The molecule has 0 atom stereocenters. The van der Waals surface area contributed by atoms with Gasteiger partial charge in [-0.25, -0.2) is 12.8 Å². The number of carbonyl (C=O) groups excluding carboxylic acids is 1. The molecule has 5 nitrogen and oxygen atoms in total. The second-order valence-electron chi connectivity index (χ2n) is 6.95. The molecule has 0 N–H and O–H groups in total. The van der Waals surface area contributed by atoms with Gasteiger partial charge in [0.25, 0.3) is 15.9 Å². The number of hydrogen-bond acceptors (Lipinski definition) is 3. The molecule has 0 radical (unpaired) electrons. The Balaban J connectivity index is 1.85. The number of amides is 1. The van der Waals surface area contributed by atoms with Crippen LogP contribution in [0.5, 0.6) is 0 Å². The number of halogens is 1. The maximum Gasteiger partial charge on any atom is 0.264 e. The van der Waals surface area contributed by atoms with E-state index in [2.05, 4.69) is 6.92 Å². The highest BCUT2D eigenvalue weighted by Crippen LogP contribution is 2.24. The third-order valence-corrected chi connectivity index (χ3v) is 6.78. The van der Waals surface area contributed by atoms with Crippen LogP contribution in [-0.2, 0) is 10.0 Å². The van der Waals surface area contributed by atoms with Crippen molar-refractivity contribution in [3.63, 3.8) is 0 Å². The fourth-order valence-corrected chi connectivity index (χ4v) is 4.37. The van der Waals surface area contributed by atoms with Gasteiger partial charge in [0.1, 0.15) is 5.82 Å². The Kier molecular flexibility index (Phi) is 5.51. The van der Waals surface area contributed by atoms with E-state index in [-0.39, 0.29) is 10.8 Å². The van der Waals surface area contributed by atoms with Gasteiger partial charge in [0.05, 0.1) is 10.6 Å². The van der Waals surface area contributed by atoms with Crippen molar-refractivity contribution < 1.29 is 17.6 Å². The van der Waals surface area contributed by atoms with Gasteiger partial charge in [0.15, 0.2) is 0 Å². The molecule has 0 bridgehead atoms. The van der Waals surface area contributed by atoms with Crippen molar-refractivity contribution >= 4 is 21.6 Å². The minimum atomic E-state index is -3.86. The fraction of sp³-hybridized carbons (Fsp3) is 0.350. The Bertz CT molecular complexity index is 920. The van der Waals surface area contributed by atoms with E-state index in [1.807, 2.05) is 0 Å². The maximum absolute atomic E-state index is 13.1. The molecule has 27 heavy (non-hydrogen) atoms. The van der Waals surface area contributed by atoms with Crippen LogP contribution in [-0.4, -0.2) is 39.4 Å². The van der Waals surface area contributed by atoms with Crippen LogP contribution in [0.4, 0.5) is 10.1 Å². The zero-order valence-corrected chi connectivity index (χ0v) is 16.2. The van der Waals surface area contributed by atoms with E-state index in [9.17, 15) is 17.6 Å². The molecule has 1 saturated heterocycles. The van der Waals surface area contributed by atoms with Gasteiger partial charge in [0.2, 0.25) is 0 Å². The van der Waals surface area contributed by atoms with Crippen molar-refractivity contribution in [2.45, 2.75) is 24.7 Å². The minimum absolute atomic E-state index is 0.0329. The Morgan fingerprint density at radius 2 is 1.74 bits per heavy atom. The second-order valence-corrected chi connectivity index (χ2v) is 8.92. The predicted molar refractivity (Wildman–Crippen MR) is 103 cm³/mol. The molecule has 7 heteroatoms. The first kappa shape index (κ1) is 19.4. The molecule has 144 valence electrons. The van der Waals surface area contributed by atoms with E-state index < -0.39 is 15.8 Å². The lowest BCUT2D eigenvalue weighted by Gasteiger charge is -2.30. The standard InChI is InChI=1S/C20H23FN2O3S/c1-15-10-12-23(13-11-15)20(24)16-4-3-5-19(14-16)27(25,26)22(2)18-8-6-17(21)7-9-18/h3-9,14-15H,10-13H2,1-2H3. The highest BCUT2D eigenvalue weighted by molar-refractivity contribution is 7.92. The van der Waals surface area contributed by atoms with Crippen LogP contribution in [0.3, 0.4) is 0 Å². The highest BCUT2D eigenvalue weighted by Gasteiger charge is 2.25. The smallest absolute Gasteiger partial charge is 0.264 e. The molecule has 1 heterocycles. The van der Waals surface area contributed by atoms with Crippen molar-refractivity contribution in [2.24, 2.45) is 5.92 Å². The van der Waals surface area contributed by atoms with Crippen LogP contribution >= 0.6 is 0 Å². The number of benzene rings is 2. The van der Waals surface area contributed by atoms with Gasteiger partial charge in [-0.1, -0.05) is 13.0 Å². The summed E-state index contributed by atoms with van der Waals surface area (Å²) in [5.41, 5.74) is 0.705. The SMILES string of the molecule is CC1CCN(C(=O)c2cccc(S(=O)(=O)N(C)c3ccc(F)cc3)c2)CC1. The normalized spacial score (nSPS) is 15.6. The number of rotatable bonds is 4. The van der Waals surface area contributed by atoms with E-state index in [0.29, 0.717) is 30.3 Å². The van der Waals surface area contributed by atoms with Crippen molar-refractivity contribution in [1.82, 2.24) is 4.90 Å². The molecule has 2 aromatic rings. The van der Waals surface area contributed by atoms with Gasteiger partial charge >= 0.3 is 0 Å². The zero-order valence-electron chi connectivity index (χ0n) is 15.4. The van der Waals surface area contributed by atoms with E-state index in [4.69, 9.17) is 0 Å². The molecule has 0 aliphatic carbocycles. The first-order valence-corrected chi connectivity index (χ1v) is 10.4. The molecular formula is C20H23FN2O3S. The predicted octanol–water partition coefficient (Wildman–Crippen LogP) is 3.52. The number of hydrogen-bond donors (Lipinski definition) is 0. The number of sulfonamides is 1. The topological polar surface area (TPSA) is 57.7 Å². The molecule has 1 aliphatic heterocycles. The number of likely N-dealkylation sites (tertiary alicyclic amines) is 1. The fourth-order valence-electron chi connectivity index (χ4n) is 3.13. The summed E-state index contributed by atoms with van der Waals surface area (Å²) in [5.74, 6) is 0.0153. The lowest BCUT2D eigenvalue weighted by atomic mass is 9.98. The summed E-state index contributed by atoms with van der Waals surface area (Å²) < 4.78 is 40.0. The summed E-state index contributed by atoms with van der Waals surface area (Å²) in [6.07, 6.45) is 1.91. The first-order valence-electron chi connectivity index (χ1n) is 8.93. The van der Waals surface area contributed by atoms with Crippen LogP contribution in [0.2, 0.25) is 0 Å². The summed E-state index contributed by atoms with van der Waals surface area (Å²) >= 11 is 0. The zero-order chi connectivity index (χ0) is 19.6. The average Bonchev–Trinajstić information content (AvgIpc) is 2.68. The number of piperidine rings is 1. The Labute approximate surface area is 159 Å². The molecule has 0 unspecified atom stereocenters. The summed E-state index contributed by atoms with van der Waals surface area (Å²) in [6.45, 7) is 3.54. The van der Waals surface area contributed by atoms with Gasteiger partial charge < -0.3 is 4.90 Å². The Morgan fingerprint density at radius 3 is 2.37 bits per heavy atom. The lowest BCUT2D eigenvalue weighted by molar-refractivity contribution is 0.0697. The highest BCUT2D eigenvalue weighted by atomic mass is 32.2. The van der Waals surface area contributed by atoms with Gasteiger partial charge in [0, 0.05) is 25.7 Å². The summed E-state index contributed by atoms with van der Waals surface area (Å²) in [6, 6.07) is 11.3. The average molecular weight is 390 g/mol. The molecule has 0 saturated carbocycles. The maximum atomic E-state index is 13.1. The molecule has 2 aromatic carbocycles. The molecule has 1 amide bonds. The van der Waals surface area contributed by atoms with Gasteiger partial charge in [-0.2, -0.15) is 0 Å². The van der Waals surface area contributed by atoms with E-state index in [1.54, 1.807) is 17.0 Å². The van der Waals surface area contributed by atoms with Crippen LogP contribution in [0.1, 0.15) is 30.1 Å². The largest absolute Gasteiger partial charge is 0.339 e. The summed E-state index contributed by atoms with van der Waals surface area (Å²) in [5, 5.41) is 0. The van der Waals surface area contributed by atoms with Gasteiger partial charge in [-0.3, -0.25) is 9.10 Å². The lowest BCUT2D eigenvalue weighted by Crippen LogP contribution is -2.38. The summed E-state index contributed by atoms with van der Waals surface area (Å²) in [7, 11) is -2.45. The molecule has 1 fully saturated rings. The number of nitrogens with zero attached hydrogens (tertiary/aromatic N) is 2. The first-order chi connectivity index (χ1) is 12.8. The molecule has 0 aromatic heterocycles. The quantitative estimate of drug-likeness (QED) is 0.803. The van der Waals surface area contributed by atoms with Crippen molar-refractivity contribution in [2.75, 3.05) is 24.4 Å². The molecule has 3 rings (SSSR count). The van der Waals surface area contributed by atoms with E-state index >= 15 is 0 Å². The molecule has 1 aliphatic rings. The minimum Gasteiger partial charge on any atom is -0.339 e. The van der Waals surface area contributed by atoms with Crippen LogP contribution < -0.4 is 4.31 Å².